The lowest BCUT2D eigenvalue weighted by Gasteiger charge is -2.17. The maximum atomic E-state index is 11.2. The Balaban J connectivity index is 2.27. The van der Waals surface area contributed by atoms with Crippen molar-refractivity contribution in [3.63, 3.8) is 0 Å². The Hall–Kier alpha value is -1.07. The number of rotatable bonds is 5. The first kappa shape index (κ1) is 13.4. The van der Waals surface area contributed by atoms with Crippen molar-refractivity contribution < 1.29 is 15.0 Å². The molecule has 0 spiro atoms. The van der Waals surface area contributed by atoms with Crippen LogP contribution in [0.15, 0.2) is 11.1 Å². The van der Waals surface area contributed by atoms with E-state index in [2.05, 4.69) is 4.98 Å². The first-order valence-corrected chi connectivity index (χ1v) is 7.20. The topological polar surface area (TPSA) is 70.4 Å². The largest absolute Gasteiger partial charge is 0.478 e. The maximum absolute atomic E-state index is 11.2. The molecule has 1 aromatic rings. The highest BCUT2D eigenvalue weighted by Crippen LogP contribution is 2.27. The number of carboxylic acids is 1. The predicted octanol–water partition coefficient (Wildman–Crippen LogP) is 2.13. The fourth-order valence-electron chi connectivity index (χ4n) is 2.11. The van der Waals surface area contributed by atoms with Gasteiger partial charge in [0.15, 0.2) is 0 Å². The summed E-state index contributed by atoms with van der Waals surface area (Å²) in [7, 11) is 0. The van der Waals surface area contributed by atoms with Gasteiger partial charge in [0.1, 0.15) is 5.03 Å². The second kappa shape index (κ2) is 6.20. The van der Waals surface area contributed by atoms with Gasteiger partial charge in [-0.05, 0) is 43.7 Å². The van der Waals surface area contributed by atoms with Crippen LogP contribution >= 0.6 is 11.8 Å². The number of aromatic nitrogens is 1. The van der Waals surface area contributed by atoms with Crippen LogP contribution in [0.25, 0.3) is 0 Å². The second-order valence-electron chi connectivity index (χ2n) is 4.38. The van der Waals surface area contributed by atoms with E-state index in [0.29, 0.717) is 22.8 Å². The quantitative estimate of drug-likeness (QED) is 0.631. The van der Waals surface area contributed by atoms with Gasteiger partial charge < -0.3 is 10.2 Å². The number of hydrogen-bond acceptors (Lipinski definition) is 4. The van der Waals surface area contributed by atoms with E-state index < -0.39 is 5.97 Å². The van der Waals surface area contributed by atoms with E-state index >= 15 is 0 Å². The molecule has 0 unspecified atom stereocenters. The number of thioether (sulfide) groups is 1. The van der Waals surface area contributed by atoms with E-state index in [1.165, 1.54) is 11.8 Å². The summed E-state index contributed by atoms with van der Waals surface area (Å²) in [4.78, 5) is 15.7. The molecule has 0 saturated carbocycles. The molecule has 98 valence electrons. The molecule has 0 saturated heterocycles. The lowest BCUT2D eigenvalue weighted by Crippen LogP contribution is -2.11. The smallest absolute Gasteiger partial charge is 0.338 e. The number of aryl methyl sites for hydroxylation is 2. The molecule has 0 aliphatic heterocycles. The summed E-state index contributed by atoms with van der Waals surface area (Å²) in [6, 6.07) is 1.78. The molecule has 18 heavy (non-hydrogen) atoms. The first-order valence-electron chi connectivity index (χ1n) is 6.22. The van der Waals surface area contributed by atoms with Gasteiger partial charge >= 0.3 is 5.97 Å². The van der Waals surface area contributed by atoms with Gasteiger partial charge in [-0.1, -0.05) is 0 Å². The lowest BCUT2D eigenvalue weighted by molar-refractivity contribution is 0.0692. The van der Waals surface area contributed by atoms with Gasteiger partial charge in [-0.25, -0.2) is 9.78 Å². The van der Waals surface area contributed by atoms with Crippen LogP contribution in [-0.4, -0.2) is 33.5 Å². The molecule has 0 aromatic carbocycles. The van der Waals surface area contributed by atoms with E-state index in [1.807, 2.05) is 0 Å². The van der Waals surface area contributed by atoms with Crippen LogP contribution in [0.3, 0.4) is 0 Å². The predicted molar refractivity (Wildman–Crippen MR) is 70.3 cm³/mol. The molecule has 1 heterocycles. The minimum absolute atomic E-state index is 0.125. The molecule has 0 atom stereocenters. The summed E-state index contributed by atoms with van der Waals surface area (Å²) in [6.45, 7) is 0.125. The molecule has 1 aliphatic rings. The number of fused-ring (bicyclic) bond motifs is 1. The van der Waals surface area contributed by atoms with Crippen molar-refractivity contribution in [1.29, 1.82) is 0 Å². The Bertz CT molecular complexity index is 448. The Morgan fingerprint density at radius 1 is 1.39 bits per heavy atom. The van der Waals surface area contributed by atoms with Gasteiger partial charge in [-0.15, -0.1) is 11.8 Å². The van der Waals surface area contributed by atoms with Crippen LogP contribution in [0.5, 0.6) is 0 Å². The molecule has 2 N–H and O–H groups in total. The van der Waals surface area contributed by atoms with Crippen molar-refractivity contribution in [2.75, 3.05) is 12.4 Å². The Labute approximate surface area is 110 Å². The summed E-state index contributed by atoms with van der Waals surface area (Å²) < 4.78 is 0. The Morgan fingerprint density at radius 3 is 2.89 bits per heavy atom. The van der Waals surface area contributed by atoms with E-state index in [4.69, 9.17) is 5.11 Å². The highest BCUT2D eigenvalue weighted by atomic mass is 32.2. The zero-order valence-electron chi connectivity index (χ0n) is 10.2. The number of aromatic carboxylic acids is 1. The molecular formula is C13H17NO3S. The zero-order valence-corrected chi connectivity index (χ0v) is 11.0. The Kier molecular flexibility index (Phi) is 4.60. The van der Waals surface area contributed by atoms with Crippen LogP contribution in [-0.2, 0) is 12.8 Å². The van der Waals surface area contributed by atoms with Crippen molar-refractivity contribution in [2.45, 2.75) is 37.1 Å². The summed E-state index contributed by atoms with van der Waals surface area (Å²) in [6.07, 6.45) is 4.79. The van der Waals surface area contributed by atoms with E-state index in [-0.39, 0.29) is 6.61 Å². The van der Waals surface area contributed by atoms with Gasteiger partial charge in [0.2, 0.25) is 0 Å². The van der Waals surface area contributed by atoms with E-state index in [1.54, 1.807) is 6.07 Å². The summed E-state index contributed by atoms with van der Waals surface area (Å²) >= 11 is 1.42. The number of carbonyl (C=O) groups is 1. The standard InChI is InChI=1S/C13H17NO3S/c15-6-3-7-18-12-10(13(16)17)8-9-4-1-2-5-11(9)14-12/h8,15H,1-7H2,(H,16,17). The minimum Gasteiger partial charge on any atom is -0.478 e. The van der Waals surface area contributed by atoms with Gasteiger partial charge in [0.25, 0.3) is 0 Å². The summed E-state index contributed by atoms with van der Waals surface area (Å²) in [5.74, 6) is -0.217. The minimum atomic E-state index is -0.914. The Morgan fingerprint density at radius 2 is 2.17 bits per heavy atom. The number of pyridine rings is 1. The van der Waals surface area contributed by atoms with Gasteiger partial charge in [0, 0.05) is 18.1 Å². The van der Waals surface area contributed by atoms with Crippen molar-refractivity contribution in [1.82, 2.24) is 4.98 Å². The van der Waals surface area contributed by atoms with Crippen LogP contribution in [0.1, 0.15) is 40.9 Å². The number of hydrogen-bond donors (Lipinski definition) is 2. The molecule has 4 nitrogen and oxygen atoms in total. The second-order valence-corrected chi connectivity index (χ2v) is 5.47. The van der Waals surface area contributed by atoms with Crippen LogP contribution < -0.4 is 0 Å². The SMILES string of the molecule is O=C(O)c1cc2c(nc1SCCCO)CCCC2. The number of carboxylic acid groups (broad SMARTS) is 1. The number of aliphatic hydroxyl groups excluding tert-OH is 1. The molecular weight excluding hydrogens is 250 g/mol. The monoisotopic (exact) mass is 267 g/mol. The van der Waals surface area contributed by atoms with Crippen LogP contribution in [0, 0.1) is 0 Å². The third-order valence-corrected chi connectivity index (χ3v) is 4.11. The molecule has 0 amide bonds. The molecule has 1 aliphatic carbocycles. The molecule has 0 radical (unpaired) electrons. The van der Waals surface area contributed by atoms with Crippen molar-refractivity contribution in [3.8, 4) is 0 Å². The summed E-state index contributed by atoms with van der Waals surface area (Å²) in [5, 5.41) is 18.6. The number of nitrogens with zero attached hydrogens (tertiary/aromatic N) is 1. The zero-order chi connectivity index (χ0) is 13.0. The van der Waals surface area contributed by atoms with Crippen molar-refractivity contribution >= 4 is 17.7 Å². The fourth-order valence-corrected chi connectivity index (χ4v) is 3.05. The van der Waals surface area contributed by atoms with Crippen molar-refractivity contribution in [3.05, 3.63) is 22.9 Å². The number of aliphatic hydroxyl groups is 1. The molecule has 0 fully saturated rings. The van der Waals surface area contributed by atoms with Crippen LogP contribution in [0.2, 0.25) is 0 Å². The first-order chi connectivity index (χ1) is 8.72. The van der Waals surface area contributed by atoms with Gasteiger partial charge in [-0.2, -0.15) is 0 Å². The van der Waals surface area contributed by atoms with E-state index in [9.17, 15) is 9.90 Å². The van der Waals surface area contributed by atoms with Crippen molar-refractivity contribution in [2.24, 2.45) is 0 Å². The average Bonchev–Trinajstić information content (AvgIpc) is 2.38. The lowest BCUT2D eigenvalue weighted by atomic mass is 9.95. The molecule has 2 rings (SSSR count). The van der Waals surface area contributed by atoms with Gasteiger partial charge in [0.05, 0.1) is 5.56 Å². The van der Waals surface area contributed by atoms with Crippen LogP contribution in [0.4, 0.5) is 0 Å². The molecule has 1 aromatic heterocycles. The highest BCUT2D eigenvalue weighted by Gasteiger charge is 2.18. The summed E-state index contributed by atoms with van der Waals surface area (Å²) in [5.41, 5.74) is 2.45. The fraction of sp³-hybridized carbons (Fsp3) is 0.538. The van der Waals surface area contributed by atoms with Gasteiger partial charge in [-0.3, -0.25) is 0 Å². The molecule has 0 bridgehead atoms. The maximum Gasteiger partial charge on any atom is 0.338 e. The third kappa shape index (κ3) is 3.03. The van der Waals surface area contributed by atoms with E-state index in [0.717, 1.165) is 36.9 Å². The average molecular weight is 267 g/mol. The highest BCUT2D eigenvalue weighted by molar-refractivity contribution is 7.99. The normalized spacial score (nSPS) is 14.3. The third-order valence-electron chi connectivity index (χ3n) is 3.04. The molecule has 5 heteroatoms.